The summed E-state index contributed by atoms with van der Waals surface area (Å²) in [6, 6.07) is 9.59. The number of esters is 1. The van der Waals surface area contributed by atoms with Crippen molar-refractivity contribution < 1.29 is 23.5 Å². The summed E-state index contributed by atoms with van der Waals surface area (Å²) in [4.78, 5) is 37.6. The highest BCUT2D eigenvalue weighted by Crippen LogP contribution is 2.30. The van der Waals surface area contributed by atoms with Gasteiger partial charge in [0, 0.05) is 18.5 Å². The van der Waals surface area contributed by atoms with Crippen LogP contribution >= 0.6 is 11.6 Å². The first kappa shape index (κ1) is 18.1. The smallest absolute Gasteiger partial charge is 0.338 e. The van der Waals surface area contributed by atoms with Crippen molar-refractivity contribution >= 4 is 34.9 Å². The molecule has 3 rings (SSSR count). The molecule has 0 aliphatic carbocycles. The van der Waals surface area contributed by atoms with Crippen LogP contribution < -0.4 is 4.90 Å². The van der Waals surface area contributed by atoms with Gasteiger partial charge in [-0.15, -0.1) is 0 Å². The molecule has 26 heavy (non-hydrogen) atoms. The third-order valence-electron chi connectivity index (χ3n) is 4.03. The molecule has 5 nitrogen and oxygen atoms in total. The molecule has 1 heterocycles. The van der Waals surface area contributed by atoms with Crippen molar-refractivity contribution in [2.75, 3.05) is 18.1 Å². The molecule has 134 valence electrons. The number of Topliss-reactive ketones (excluding diaryl/α,β-unsaturated/α-hetero) is 1. The molecule has 0 radical (unpaired) electrons. The first-order valence-electron chi connectivity index (χ1n) is 8.01. The van der Waals surface area contributed by atoms with Crippen molar-refractivity contribution in [3.63, 3.8) is 0 Å². The molecule has 1 saturated heterocycles. The first-order valence-corrected chi connectivity index (χ1v) is 8.39. The molecule has 0 N–H and O–H groups in total. The number of rotatable bonds is 5. The number of carbonyl (C=O) groups is 3. The number of amides is 1. The van der Waals surface area contributed by atoms with Crippen LogP contribution in [0.15, 0.2) is 42.5 Å². The average Bonchev–Trinajstić information content (AvgIpc) is 3.05. The van der Waals surface area contributed by atoms with Gasteiger partial charge in [0.2, 0.25) is 5.91 Å². The topological polar surface area (TPSA) is 63.7 Å². The van der Waals surface area contributed by atoms with Crippen molar-refractivity contribution in [3.8, 4) is 0 Å². The molecular formula is C19H15ClFNO4. The van der Waals surface area contributed by atoms with Gasteiger partial charge in [0.05, 0.1) is 16.3 Å². The summed E-state index contributed by atoms with van der Waals surface area (Å²) in [6.45, 7) is 0.0258. The van der Waals surface area contributed by atoms with Crippen LogP contribution in [0.4, 0.5) is 10.1 Å². The van der Waals surface area contributed by atoms with Gasteiger partial charge in [-0.2, -0.15) is 0 Å². The van der Waals surface area contributed by atoms with Crippen molar-refractivity contribution in [2.24, 2.45) is 0 Å². The highest BCUT2D eigenvalue weighted by Gasteiger charge is 2.25. The van der Waals surface area contributed by atoms with Gasteiger partial charge >= 0.3 is 5.97 Å². The maximum absolute atomic E-state index is 13.1. The molecule has 0 bridgehead atoms. The molecule has 0 saturated carbocycles. The van der Waals surface area contributed by atoms with Gasteiger partial charge in [-0.05, 0) is 36.8 Å². The molecule has 1 aliphatic heterocycles. The Labute approximate surface area is 154 Å². The fraction of sp³-hybridized carbons (Fsp3) is 0.211. The Hall–Kier alpha value is -2.73. The Morgan fingerprint density at radius 1 is 1.15 bits per heavy atom. The SMILES string of the molecule is O=C(COC(=O)c1ccc(Cl)c(N2CCCC2=O)c1)c1cccc(F)c1. The summed E-state index contributed by atoms with van der Waals surface area (Å²) in [7, 11) is 0. The standard InChI is InChI=1S/C19H15ClFNO4/c20-15-7-6-13(10-16(15)22-8-2-5-18(22)24)19(25)26-11-17(23)12-3-1-4-14(21)9-12/h1,3-4,6-7,9-10H,2,5,8,11H2. The predicted octanol–water partition coefficient (Wildman–Crippen LogP) is 3.65. The zero-order chi connectivity index (χ0) is 18.7. The van der Waals surface area contributed by atoms with E-state index in [1.807, 2.05) is 0 Å². The Kier molecular flexibility index (Phi) is 5.32. The molecule has 0 unspecified atom stereocenters. The molecule has 0 aromatic heterocycles. The molecule has 2 aromatic carbocycles. The molecule has 1 aliphatic rings. The van der Waals surface area contributed by atoms with Crippen LogP contribution in [-0.4, -0.2) is 30.8 Å². The largest absolute Gasteiger partial charge is 0.454 e. The second-order valence-electron chi connectivity index (χ2n) is 5.82. The van der Waals surface area contributed by atoms with E-state index in [4.69, 9.17) is 16.3 Å². The summed E-state index contributed by atoms with van der Waals surface area (Å²) in [5, 5.41) is 0.354. The Bertz CT molecular complexity index is 884. The lowest BCUT2D eigenvalue weighted by atomic mass is 10.1. The Morgan fingerprint density at radius 2 is 1.96 bits per heavy atom. The van der Waals surface area contributed by atoms with E-state index in [9.17, 15) is 18.8 Å². The monoisotopic (exact) mass is 375 g/mol. The van der Waals surface area contributed by atoms with E-state index in [2.05, 4.69) is 0 Å². The lowest BCUT2D eigenvalue weighted by Gasteiger charge is -2.18. The maximum Gasteiger partial charge on any atom is 0.338 e. The predicted molar refractivity (Wildman–Crippen MR) is 94.1 cm³/mol. The van der Waals surface area contributed by atoms with Crippen LogP contribution in [-0.2, 0) is 9.53 Å². The number of benzene rings is 2. The summed E-state index contributed by atoms with van der Waals surface area (Å²) < 4.78 is 18.2. The minimum atomic E-state index is -0.723. The lowest BCUT2D eigenvalue weighted by Crippen LogP contribution is -2.24. The number of ether oxygens (including phenoxy) is 1. The second-order valence-corrected chi connectivity index (χ2v) is 6.23. The molecular weight excluding hydrogens is 361 g/mol. The van der Waals surface area contributed by atoms with Crippen LogP contribution in [0.3, 0.4) is 0 Å². The van der Waals surface area contributed by atoms with Gasteiger partial charge in [0.15, 0.2) is 12.4 Å². The zero-order valence-corrected chi connectivity index (χ0v) is 14.5. The number of halogens is 2. The van der Waals surface area contributed by atoms with Crippen LogP contribution in [0.1, 0.15) is 33.6 Å². The molecule has 0 atom stereocenters. The van der Waals surface area contributed by atoms with Gasteiger partial charge < -0.3 is 9.64 Å². The summed E-state index contributed by atoms with van der Waals surface area (Å²) in [6.07, 6.45) is 1.17. The summed E-state index contributed by atoms with van der Waals surface area (Å²) in [5.74, 6) is -1.83. The highest BCUT2D eigenvalue weighted by atomic mass is 35.5. The fourth-order valence-corrected chi connectivity index (χ4v) is 2.93. The van der Waals surface area contributed by atoms with Crippen LogP contribution in [0.2, 0.25) is 5.02 Å². The molecule has 2 aromatic rings. The number of hydrogen-bond acceptors (Lipinski definition) is 4. The minimum Gasteiger partial charge on any atom is -0.454 e. The summed E-state index contributed by atoms with van der Waals surface area (Å²) in [5.41, 5.74) is 0.744. The van der Waals surface area contributed by atoms with E-state index >= 15 is 0 Å². The van der Waals surface area contributed by atoms with E-state index in [0.29, 0.717) is 23.7 Å². The van der Waals surface area contributed by atoms with Crippen molar-refractivity contribution in [1.82, 2.24) is 0 Å². The number of anilines is 1. The van der Waals surface area contributed by atoms with Crippen molar-refractivity contribution in [3.05, 3.63) is 64.4 Å². The van der Waals surface area contributed by atoms with E-state index in [0.717, 1.165) is 12.5 Å². The number of nitrogens with zero attached hydrogens (tertiary/aromatic N) is 1. The van der Waals surface area contributed by atoms with Gasteiger partial charge in [-0.25, -0.2) is 9.18 Å². The molecule has 1 amide bonds. The van der Waals surface area contributed by atoms with Gasteiger partial charge in [-0.1, -0.05) is 23.7 Å². The van der Waals surface area contributed by atoms with Crippen LogP contribution in [0, 0.1) is 5.82 Å². The third kappa shape index (κ3) is 3.91. The van der Waals surface area contributed by atoms with Crippen molar-refractivity contribution in [2.45, 2.75) is 12.8 Å². The van der Waals surface area contributed by atoms with E-state index in [1.165, 1.54) is 41.3 Å². The fourth-order valence-electron chi connectivity index (χ4n) is 2.71. The lowest BCUT2D eigenvalue weighted by molar-refractivity contribution is -0.117. The molecule has 0 spiro atoms. The van der Waals surface area contributed by atoms with E-state index < -0.39 is 24.2 Å². The van der Waals surface area contributed by atoms with E-state index in [1.54, 1.807) is 0 Å². The third-order valence-corrected chi connectivity index (χ3v) is 4.35. The zero-order valence-electron chi connectivity index (χ0n) is 13.7. The van der Waals surface area contributed by atoms with Crippen molar-refractivity contribution in [1.29, 1.82) is 0 Å². The summed E-state index contributed by atoms with van der Waals surface area (Å²) >= 11 is 6.13. The maximum atomic E-state index is 13.1. The second kappa shape index (κ2) is 7.66. The first-order chi connectivity index (χ1) is 12.5. The van der Waals surface area contributed by atoms with Crippen LogP contribution in [0.5, 0.6) is 0 Å². The Balaban J connectivity index is 1.70. The van der Waals surface area contributed by atoms with Gasteiger partial charge in [0.25, 0.3) is 0 Å². The van der Waals surface area contributed by atoms with Gasteiger partial charge in [-0.3, -0.25) is 9.59 Å². The quantitative estimate of drug-likeness (QED) is 0.591. The highest BCUT2D eigenvalue weighted by molar-refractivity contribution is 6.34. The normalized spacial score (nSPS) is 13.8. The van der Waals surface area contributed by atoms with E-state index in [-0.39, 0.29) is 17.0 Å². The van der Waals surface area contributed by atoms with Crippen LogP contribution in [0.25, 0.3) is 0 Å². The van der Waals surface area contributed by atoms with Gasteiger partial charge in [0.1, 0.15) is 5.82 Å². The molecule has 7 heteroatoms. The Morgan fingerprint density at radius 3 is 2.65 bits per heavy atom. The number of carbonyl (C=O) groups excluding carboxylic acids is 3. The number of hydrogen-bond donors (Lipinski definition) is 0. The average molecular weight is 376 g/mol. The number of ketones is 1. The minimum absolute atomic E-state index is 0.0568. The molecule has 1 fully saturated rings.